The number of ether oxygens (including phenoxy) is 10. The zero-order valence-electron chi connectivity index (χ0n) is 29.2. The van der Waals surface area contributed by atoms with Gasteiger partial charge in [-0.05, 0) is 30.7 Å². The summed E-state index contributed by atoms with van der Waals surface area (Å²) in [5.74, 6) is -0.358. The Balaban J connectivity index is -0.00000280. The fourth-order valence-corrected chi connectivity index (χ4v) is 3.19. The van der Waals surface area contributed by atoms with Crippen molar-refractivity contribution in [3.63, 3.8) is 0 Å². The first-order valence-electron chi connectivity index (χ1n) is 15.7. The molecule has 1 aromatic carbocycles. The van der Waals surface area contributed by atoms with Crippen molar-refractivity contribution in [2.24, 2.45) is 0 Å². The van der Waals surface area contributed by atoms with Gasteiger partial charge in [-0.3, -0.25) is 0 Å². The number of unbranched alkanes of at least 4 members (excludes halogenated alkanes) is 1. The van der Waals surface area contributed by atoms with E-state index in [4.69, 9.17) is 66.6 Å². The smallest absolute Gasteiger partial charge is 0.894 e. The van der Waals surface area contributed by atoms with Crippen LogP contribution in [0.5, 0.6) is 0 Å². The van der Waals surface area contributed by atoms with Crippen molar-refractivity contribution in [3.8, 4) is 0 Å². The predicted molar refractivity (Wildman–Crippen MR) is 176 cm³/mol. The normalized spacial score (nSPS) is 10.8. The molecule has 0 aliphatic heterocycles. The van der Waals surface area contributed by atoms with Crippen molar-refractivity contribution in [1.82, 2.24) is 0 Å². The maximum absolute atomic E-state index is 12.1. The predicted octanol–water partition coefficient (Wildman–Crippen LogP) is -3.06. The SMILES string of the molecule is CCCCNc1ccc(C(=O)OCCOCCOCCOCCOCCOCCOCCOCCOCCOC)cc1.[Ca+2].[Ca+2].[O-][Si]([O-])([O-])[O-]. The standard InChI is InChI=1S/C30H53NO11.2Ca.O4Si/c1-3-4-9-31-29-7-5-28(6-8-29)30(32)42-27-26-41-25-24-40-23-22-39-21-20-38-19-18-37-17-16-36-15-14-35-13-12-34-11-10-33-2;;;1-5(2,3)4/h5-8,31H,3-4,9-27H2,1-2H3;;;/q;2*+2;-4. The molecule has 1 N–H and O–H groups in total. The molecule has 0 bridgehead atoms. The second kappa shape index (κ2) is 41.5. The van der Waals surface area contributed by atoms with Crippen LogP contribution in [-0.4, -0.2) is 223 Å². The zero-order valence-corrected chi connectivity index (χ0v) is 34.6. The first-order chi connectivity index (χ1) is 22.8. The summed E-state index contributed by atoms with van der Waals surface area (Å²) >= 11 is 0. The molecule has 16 nitrogen and oxygen atoms in total. The Hall–Kier alpha value is 0.706. The molecule has 0 atom stereocenters. The van der Waals surface area contributed by atoms with E-state index in [1.165, 1.54) is 0 Å². The fraction of sp³-hybridized carbons (Fsp3) is 0.767. The van der Waals surface area contributed by atoms with Crippen LogP contribution in [0.3, 0.4) is 0 Å². The van der Waals surface area contributed by atoms with E-state index in [0.717, 1.165) is 25.1 Å². The fourth-order valence-electron chi connectivity index (χ4n) is 3.19. The topological polar surface area (TPSA) is 214 Å². The minimum atomic E-state index is -5.61. The van der Waals surface area contributed by atoms with Crippen LogP contribution in [0.25, 0.3) is 0 Å². The maximum Gasteiger partial charge on any atom is 2.00 e. The minimum absolute atomic E-state index is 0. The molecule has 0 aromatic heterocycles. The van der Waals surface area contributed by atoms with Gasteiger partial charge in [-0.2, -0.15) is 0 Å². The molecule has 0 aliphatic carbocycles. The van der Waals surface area contributed by atoms with Crippen LogP contribution < -0.4 is 24.5 Å². The van der Waals surface area contributed by atoms with E-state index in [0.29, 0.717) is 118 Å². The van der Waals surface area contributed by atoms with Gasteiger partial charge in [-0.25, -0.2) is 4.79 Å². The minimum Gasteiger partial charge on any atom is -0.894 e. The van der Waals surface area contributed by atoms with Crippen LogP contribution in [0.15, 0.2) is 24.3 Å². The monoisotopic (exact) mass is 775 g/mol. The van der Waals surface area contributed by atoms with Gasteiger partial charge in [0, 0.05) is 19.3 Å². The number of carbonyl (C=O) groups is 1. The second-order valence-corrected chi connectivity index (χ2v) is 10.4. The van der Waals surface area contributed by atoms with Crippen molar-refractivity contribution >= 4 is 96.2 Å². The Morgan fingerprint density at radius 1 is 0.571 bits per heavy atom. The van der Waals surface area contributed by atoms with Gasteiger partial charge in [0.2, 0.25) is 0 Å². The van der Waals surface area contributed by atoms with Crippen molar-refractivity contribution in [1.29, 1.82) is 0 Å². The molecular weight excluding hydrogens is 723 g/mol. The molecule has 1 rings (SSSR count). The molecule has 0 saturated heterocycles. The number of anilines is 1. The van der Waals surface area contributed by atoms with E-state index in [-0.39, 0.29) is 88.1 Å². The Morgan fingerprint density at radius 2 is 0.878 bits per heavy atom. The molecule has 276 valence electrons. The summed E-state index contributed by atoms with van der Waals surface area (Å²) in [5.41, 5.74) is 1.52. The Morgan fingerprint density at radius 3 is 1.18 bits per heavy atom. The third kappa shape index (κ3) is 44.8. The van der Waals surface area contributed by atoms with Gasteiger partial charge in [-0.1, -0.05) is 13.3 Å². The summed E-state index contributed by atoms with van der Waals surface area (Å²) in [7, 11) is -3.97. The molecule has 0 aliphatic rings. The van der Waals surface area contributed by atoms with Crippen LogP contribution >= 0.6 is 0 Å². The molecular formula is C30H53Ca2NO15Si. The van der Waals surface area contributed by atoms with Crippen molar-refractivity contribution in [3.05, 3.63) is 29.8 Å². The summed E-state index contributed by atoms with van der Waals surface area (Å²) in [5, 5.41) is 3.32. The Kier molecular flexibility index (Phi) is 45.7. The van der Waals surface area contributed by atoms with E-state index >= 15 is 0 Å². The molecule has 0 fully saturated rings. The van der Waals surface area contributed by atoms with Crippen LogP contribution in [0, 0.1) is 0 Å². The summed E-state index contributed by atoms with van der Waals surface area (Å²) in [6, 6.07) is 7.29. The van der Waals surface area contributed by atoms with Crippen LogP contribution in [0.1, 0.15) is 30.1 Å². The average molecular weight is 776 g/mol. The number of carbonyl (C=O) groups excluding carboxylic acids is 1. The molecule has 0 unspecified atom stereocenters. The number of hydrogen-bond acceptors (Lipinski definition) is 16. The summed E-state index contributed by atoms with van der Waals surface area (Å²) < 4.78 is 53.5. The Labute approximate surface area is 351 Å². The molecule has 0 heterocycles. The van der Waals surface area contributed by atoms with E-state index in [9.17, 15) is 4.79 Å². The molecule has 0 radical (unpaired) electrons. The van der Waals surface area contributed by atoms with Gasteiger partial charge < -0.3 is 80.9 Å². The summed E-state index contributed by atoms with van der Waals surface area (Å²) in [6.45, 7) is 11.7. The number of benzene rings is 1. The van der Waals surface area contributed by atoms with Crippen molar-refractivity contribution in [2.75, 3.05) is 138 Å². The van der Waals surface area contributed by atoms with Crippen molar-refractivity contribution in [2.45, 2.75) is 19.8 Å². The molecule has 49 heavy (non-hydrogen) atoms. The van der Waals surface area contributed by atoms with Crippen molar-refractivity contribution < 1.29 is 71.3 Å². The second-order valence-electron chi connectivity index (χ2n) is 9.39. The van der Waals surface area contributed by atoms with Crippen LogP contribution in [-0.2, 0) is 47.4 Å². The third-order valence-corrected chi connectivity index (χ3v) is 5.48. The first-order valence-corrected chi connectivity index (χ1v) is 17.3. The summed E-state index contributed by atoms with van der Waals surface area (Å²) in [4.78, 5) is 46.4. The van der Waals surface area contributed by atoms with Gasteiger partial charge in [0.1, 0.15) is 6.61 Å². The number of nitrogens with one attached hydrogen (secondary N) is 1. The molecule has 0 amide bonds. The van der Waals surface area contributed by atoms with Crippen LogP contribution in [0.4, 0.5) is 5.69 Å². The average Bonchev–Trinajstić information content (AvgIpc) is 3.04. The van der Waals surface area contributed by atoms with E-state index < -0.39 is 9.05 Å². The first kappa shape index (κ1) is 54.1. The molecule has 1 aromatic rings. The quantitative estimate of drug-likeness (QED) is 0.0437. The largest absolute Gasteiger partial charge is 2.00 e. The van der Waals surface area contributed by atoms with Crippen LogP contribution in [0.2, 0.25) is 0 Å². The molecule has 0 spiro atoms. The number of methoxy groups -OCH3 is 1. The number of rotatable bonds is 32. The van der Waals surface area contributed by atoms with Gasteiger partial charge in [0.25, 0.3) is 0 Å². The van der Waals surface area contributed by atoms with E-state index in [1.807, 2.05) is 12.1 Å². The molecule has 0 saturated carbocycles. The maximum atomic E-state index is 12.1. The number of hydrogen-bond donors (Lipinski definition) is 1. The summed E-state index contributed by atoms with van der Waals surface area (Å²) in [6.07, 6.45) is 2.25. The van der Waals surface area contributed by atoms with E-state index in [1.54, 1.807) is 19.2 Å². The van der Waals surface area contributed by atoms with Gasteiger partial charge in [-0.15, -0.1) is 0 Å². The zero-order chi connectivity index (χ0) is 34.7. The van der Waals surface area contributed by atoms with Gasteiger partial charge >= 0.3 is 81.4 Å². The van der Waals surface area contributed by atoms with Gasteiger partial charge in [0.05, 0.1) is 118 Å². The third-order valence-electron chi connectivity index (χ3n) is 5.48. The van der Waals surface area contributed by atoms with Gasteiger partial charge in [0.15, 0.2) is 0 Å². The number of esters is 1. The Bertz CT molecular complexity index is 809. The molecule has 19 heteroatoms. The van der Waals surface area contributed by atoms with E-state index in [2.05, 4.69) is 12.2 Å².